The Balaban J connectivity index is 1.35. The average Bonchev–Trinajstić information content (AvgIpc) is 3.58. The molecule has 40 heavy (non-hydrogen) atoms. The molecule has 0 aliphatic carbocycles. The highest BCUT2D eigenvalue weighted by atomic mass is 19.1. The molecule has 12 heteroatoms. The zero-order valence-electron chi connectivity index (χ0n) is 21.7. The van der Waals surface area contributed by atoms with E-state index in [4.69, 9.17) is 4.74 Å². The summed E-state index contributed by atoms with van der Waals surface area (Å²) in [6.07, 6.45) is 4.66. The van der Waals surface area contributed by atoms with Crippen molar-refractivity contribution in [1.82, 2.24) is 19.9 Å². The molecule has 3 heterocycles. The smallest absolute Gasteiger partial charge is 0.329 e. The Morgan fingerprint density at radius 3 is 2.75 bits per heavy atom. The molecule has 2 aromatic heterocycles. The SMILES string of the molecule is CCOC(=O)C(Cc1ccc(O)cc1)NC(=O)Nc1cnn2ccc(N3CCCC3c3cc(F)ccc3F)nc12. The van der Waals surface area contributed by atoms with Crippen LogP contribution in [0.1, 0.15) is 36.9 Å². The Morgan fingerprint density at radius 1 is 1.18 bits per heavy atom. The molecule has 2 amide bonds. The first-order valence-corrected chi connectivity index (χ1v) is 12.9. The fourth-order valence-electron chi connectivity index (χ4n) is 4.86. The first-order chi connectivity index (χ1) is 19.3. The van der Waals surface area contributed by atoms with Crippen LogP contribution in [-0.4, -0.2) is 50.9 Å². The molecular weight excluding hydrogens is 522 g/mol. The molecule has 0 bridgehead atoms. The lowest BCUT2D eigenvalue weighted by atomic mass is 10.0. The minimum atomic E-state index is -0.985. The summed E-state index contributed by atoms with van der Waals surface area (Å²) in [5.41, 5.74) is 1.61. The molecule has 1 aliphatic rings. The number of esters is 1. The Bertz CT molecular complexity index is 1530. The molecule has 5 rings (SSSR count). The zero-order valence-corrected chi connectivity index (χ0v) is 21.7. The molecule has 3 N–H and O–H groups in total. The van der Waals surface area contributed by atoms with Crippen LogP contribution in [0.5, 0.6) is 5.75 Å². The minimum absolute atomic E-state index is 0.0865. The van der Waals surface area contributed by atoms with Gasteiger partial charge in [-0.3, -0.25) is 0 Å². The second-order valence-electron chi connectivity index (χ2n) is 9.40. The molecule has 208 valence electrons. The number of hydrogen-bond acceptors (Lipinski definition) is 7. The number of phenolic OH excluding ortho intramolecular Hbond substituents is 1. The molecule has 0 spiro atoms. The number of nitrogens with zero attached hydrogens (tertiary/aromatic N) is 4. The van der Waals surface area contributed by atoms with Crippen molar-refractivity contribution >= 4 is 29.2 Å². The number of anilines is 2. The number of ether oxygens (including phenoxy) is 1. The maximum atomic E-state index is 14.6. The summed E-state index contributed by atoms with van der Waals surface area (Å²) in [7, 11) is 0. The number of amides is 2. The van der Waals surface area contributed by atoms with Crippen LogP contribution in [0, 0.1) is 11.6 Å². The summed E-state index contributed by atoms with van der Waals surface area (Å²) in [5.74, 6) is -0.976. The number of halogens is 2. The lowest BCUT2D eigenvalue weighted by Crippen LogP contribution is -2.45. The summed E-state index contributed by atoms with van der Waals surface area (Å²) in [5, 5.41) is 19.1. The molecular formula is C28H28F2N6O4. The van der Waals surface area contributed by atoms with Gasteiger partial charge in [-0.15, -0.1) is 0 Å². The van der Waals surface area contributed by atoms with Gasteiger partial charge in [-0.05, 0) is 61.7 Å². The number of phenols is 1. The van der Waals surface area contributed by atoms with Crippen LogP contribution in [-0.2, 0) is 16.0 Å². The molecule has 4 aromatic rings. The fourth-order valence-corrected chi connectivity index (χ4v) is 4.86. The van der Waals surface area contributed by atoms with Gasteiger partial charge in [0, 0.05) is 24.7 Å². The quantitative estimate of drug-likeness (QED) is 0.279. The zero-order chi connectivity index (χ0) is 28.2. The molecule has 2 atom stereocenters. The maximum Gasteiger partial charge on any atom is 0.329 e. The fraction of sp³-hybridized carbons (Fsp3) is 0.286. The van der Waals surface area contributed by atoms with Gasteiger partial charge in [0.2, 0.25) is 0 Å². The van der Waals surface area contributed by atoms with Crippen LogP contribution in [0.15, 0.2) is 60.9 Å². The normalized spacial score (nSPS) is 15.7. The molecule has 1 fully saturated rings. The first-order valence-electron chi connectivity index (χ1n) is 12.9. The molecule has 2 aromatic carbocycles. The topological polar surface area (TPSA) is 121 Å². The summed E-state index contributed by atoms with van der Waals surface area (Å²) >= 11 is 0. The second-order valence-corrected chi connectivity index (χ2v) is 9.40. The predicted molar refractivity (Wildman–Crippen MR) is 143 cm³/mol. The number of urea groups is 1. The van der Waals surface area contributed by atoms with E-state index in [9.17, 15) is 23.5 Å². The highest BCUT2D eigenvalue weighted by molar-refractivity contribution is 5.95. The molecule has 1 aliphatic heterocycles. The summed E-state index contributed by atoms with van der Waals surface area (Å²) in [6.45, 7) is 2.41. The van der Waals surface area contributed by atoms with Crippen LogP contribution in [0.2, 0.25) is 0 Å². The molecule has 0 saturated carbocycles. The van der Waals surface area contributed by atoms with Crippen molar-refractivity contribution in [3.63, 3.8) is 0 Å². The standard InChI is InChI=1S/C28H28F2N6O4/c1-2-40-27(38)22(14-17-5-8-19(37)9-6-17)32-28(39)33-23-16-31-36-13-11-25(34-26(23)36)35-12-3-4-24(35)20-15-18(29)7-10-21(20)30/h5-11,13,15-16,22,24,37H,2-4,12,14H2,1H3,(H2,32,33,39). The lowest BCUT2D eigenvalue weighted by Gasteiger charge is -2.26. The third-order valence-electron chi connectivity index (χ3n) is 6.72. The van der Waals surface area contributed by atoms with Crippen molar-refractivity contribution < 1.29 is 28.2 Å². The minimum Gasteiger partial charge on any atom is -0.508 e. The summed E-state index contributed by atoms with van der Waals surface area (Å²) in [4.78, 5) is 32.1. The number of benzene rings is 2. The van der Waals surface area contributed by atoms with Crippen LogP contribution < -0.4 is 15.5 Å². The van der Waals surface area contributed by atoms with Crippen LogP contribution in [0.25, 0.3) is 5.65 Å². The van der Waals surface area contributed by atoms with Gasteiger partial charge in [0.25, 0.3) is 0 Å². The van der Waals surface area contributed by atoms with Crippen molar-refractivity contribution in [2.45, 2.75) is 38.3 Å². The van der Waals surface area contributed by atoms with E-state index >= 15 is 0 Å². The van der Waals surface area contributed by atoms with Gasteiger partial charge in [0.05, 0.1) is 18.8 Å². The van der Waals surface area contributed by atoms with E-state index in [-0.39, 0.29) is 24.3 Å². The monoisotopic (exact) mass is 550 g/mol. The third kappa shape index (κ3) is 5.80. The van der Waals surface area contributed by atoms with E-state index in [1.807, 2.05) is 4.90 Å². The Hall–Kier alpha value is -4.74. The van der Waals surface area contributed by atoms with Crippen molar-refractivity contribution in [3.05, 3.63) is 83.7 Å². The highest BCUT2D eigenvalue weighted by Crippen LogP contribution is 2.37. The average molecular weight is 551 g/mol. The van der Waals surface area contributed by atoms with Gasteiger partial charge >= 0.3 is 12.0 Å². The van der Waals surface area contributed by atoms with E-state index in [1.165, 1.54) is 28.9 Å². The molecule has 2 unspecified atom stereocenters. The van der Waals surface area contributed by atoms with Crippen molar-refractivity contribution in [3.8, 4) is 5.75 Å². The second kappa shape index (κ2) is 11.6. The number of aromatic nitrogens is 3. The number of carbonyl (C=O) groups is 2. The van der Waals surface area contributed by atoms with Crippen molar-refractivity contribution in [1.29, 1.82) is 0 Å². The largest absolute Gasteiger partial charge is 0.508 e. The Labute approximate surface area is 228 Å². The first kappa shape index (κ1) is 26.9. The molecule has 0 radical (unpaired) electrons. The Morgan fingerprint density at radius 2 is 1.98 bits per heavy atom. The highest BCUT2D eigenvalue weighted by Gasteiger charge is 2.30. The van der Waals surface area contributed by atoms with Gasteiger partial charge in [0.1, 0.15) is 34.9 Å². The van der Waals surface area contributed by atoms with Gasteiger partial charge in [-0.1, -0.05) is 12.1 Å². The Kier molecular flexibility index (Phi) is 7.76. The summed E-state index contributed by atoms with van der Waals surface area (Å²) < 4.78 is 35.1. The number of carbonyl (C=O) groups excluding carboxylic acids is 2. The van der Waals surface area contributed by atoms with Crippen LogP contribution in [0.3, 0.4) is 0 Å². The van der Waals surface area contributed by atoms with Gasteiger partial charge in [0.15, 0.2) is 5.65 Å². The van der Waals surface area contributed by atoms with Crippen LogP contribution in [0.4, 0.5) is 25.1 Å². The van der Waals surface area contributed by atoms with Gasteiger partial charge < -0.3 is 25.4 Å². The van der Waals surface area contributed by atoms with Crippen molar-refractivity contribution in [2.24, 2.45) is 0 Å². The van der Waals surface area contributed by atoms with E-state index in [1.54, 1.807) is 31.3 Å². The third-order valence-corrected chi connectivity index (χ3v) is 6.72. The number of nitrogens with one attached hydrogen (secondary N) is 2. The number of rotatable bonds is 8. The van der Waals surface area contributed by atoms with Crippen LogP contribution >= 0.6 is 0 Å². The lowest BCUT2D eigenvalue weighted by molar-refractivity contribution is -0.145. The van der Waals surface area contributed by atoms with E-state index in [0.29, 0.717) is 35.7 Å². The van der Waals surface area contributed by atoms with E-state index < -0.39 is 35.7 Å². The number of fused-ring (bicyclic) bond motifs is 1. The van der Waals surface area contributed by atoms with Gasteiger partial charge in [-0.25, -0.2) is 27.9 Å². The molecule has 10 nitrogen and oxygen atoms in total. The van der Waals surface area contributed by atoms with Crippen molar-refractivity contribution in [2.75, 3.05) is 23.4 Å². The van der Waals surface area contributed by atoms with Gasteiger partial charge in [-0.2, -0.15) is 5.10 Å². The van der Waals surface area contributed by atoms with E-state index in [2.05, 4.69) is 20.7 Å². The number of hydrogen-bond donors (Lipinski definition) is 3. The maximum absolute atomic E-state index is 14.6. The molecule has 1 saturated heterocycles. The number of aromatic hydroxyl groups is 1. The predicted octanol–water partition coefficient (Wildman–Crippen LogP) is 4.35. The van der Waals surface area contributed by atoms with E-state index in [0.717, 1.165) is 18.6 Å². The summed E-state index contributed by atoms with van der Waals surface area (Å²) in [6, 6.07) is 9.41.